The molecule has 4 aromatic rings. The van der Waals surface area contributed by atoms with Crippen LogP contribution in [0.25, 0.3) is 34.4 Å². The van der Waals surface area contributed by atoms with Gasteiger partial charge in [0.05, 0.1) is 0 Å². The molecule has 2 nitrogen and oxygen atoms in total. The van der Waals surface area contributed by atoms with Crippen LogP contribution in [-0.4, -0.2) is 4.98 Å². The van der Waals surface area contributed by atoms with Gasteiger partial charge < -0.3 is 4.42 Å². The molecule has 0 unspecified atom stereocenters. The Morgan fingerprint density at radius 3 is 2.38 bits per heavy atom. The van der Waals surface area contributed by atoms with Gasteiger partial charge in [0.2, 0.25) is 5.89 Å². The highest BCUT2D eigenvalue weighted by molar-refractivity contribution is 5.82. The summed E-state index contributed by atoms with van der Waals surface area (Å²) in [6.45, 7) is 2.08. The molecule has 1 heterocycles. The highest BCUT2D eigenvalue weighted by Gasteiger charge is 2.05. The molecule has 1 aromatic heterocycles. The second-order valence-electron chi connectivity index (χ2n) is 5.84. The Morgan fingerprint density at radius 2 is 1.58 bits per heavy atom. The van der Waals surface area contributed by atoms with Crippen molar-refractivity contribution in [2.75, 3.05) is 0 Å². The average Bonchev–Trinajstić information content (AvgIpc) is 3.04. The summed E-state index contributed by atoms with van der Waals surface area (Å²) in [5.41, 5.74) is 6.39. The summed E-state index contributed by atoms with van der Waals surface area (Å²) in [7, 11) is 0. The van der Waals surface area contributed by atoms with Crippen molar-refractivity contribution in [1.82, 2.24) is 4.98 Å². The summed E-state index contributed by atoms with van der Waals surface area (Å²) in [5, 5.41) is 0. The lowest BCUT2D eigenvalue weighted by molar-refractivity contribution is 0.590. The lowest BCUT2D eigenvalue weighted by Crippen LogP contribution is -1.77. The molecule has 0 aliphatic heterocycles. The van der Waals surface area contributed by atoms with Gasteiger partial charge >= 0.3 is 0 Å². The van der Waals surface area contributed by atoms with Gasteiger partial charge in [-0.3, -0.25) is 0 Å². The van der Waals surface area contributed by atoms with Gasteiger partial charge in [-0.25, -0.2) is 4.98 Å². The molecule has 0 aliphatic rings. The van der Waals surface area contributed by atoms with Gasteiger partial charge in [-0.05, 0) is 41.8 Å². The molecule has 3 aromatic carbocycles. The molecule has 116 valence electrons. The minimum Gasteiger partial charge on any atom is -0.437 e. The van der Waals surface area contributed by atoms with E-state index in [4.69, 9.17) is 4.42 Å². The molecular weight excluding hydrogens is 294 g/mol. The van der Waals surface area contributed by atoms with Crippen molar-refractivity contribution >= 4 is 23.3 Å². The molecule has 0 bridgehead atoms. The normalized spacial score (nSPS) is 11.4. The first-order valence-corrected chi connectivity index (χ1v) is 7.99. The molecular formula is C22H17NO. The van der Waals surface area contributed by atoms with Crippen LogP contribution < -0.4 is 0 Å². The summed E-state index contributed by atoms with van der Waals surface area (Å²) in [4.78, 5) is 4.58. The van der Waals surface area contributed by atoms with Gasteiger partial charge in [0.15, 0.2) is 5.58 Å². The van der Waals surface area contributed by atoms with E-state index in [0.29, 0.717) is 5.89 Å². The van der Waals surface area contributed by atoms with Crippen molar-refractivity contribution in [2.45, 2.75) is 6.92 Å². The highest BCUT2D eigenvalue weighted by atomic mass is 16.3. The topological polar surface area (TPSA) is 26.0 Å². The van der Waals surface area contributed by atoms with E-state index in [1.165, 1.54) is 11.1 Å². The third-order valence-electron chi connectivity index (χ3n) is 4.01. The maximum Gasteiger partial charge on any atom is 0.220 e. The molecule has 0 saturated heterocycles. The van der Waals surface area contributed by atoms with E-state index in [9.17, 15) is 0 Å². The Hall–Kier alpha value is -3.13. The Labute approximate surface area is 141 Å². The van der Waals surface area contributed by atoms with E-state index < -0.39 is 0 Å². The zero-order valence-corrected chi connectivity index (χ0v) is 13.4. The van der Waals surface area contributed by atoms with Crippen LogP contribution in [-0.2, 0) is 0 Å². The molecule has 0 radical (unpaired) electrons. The number of oxazole rings is 1. The fourth-order valence-corrected chi connectivity index (χ4v) is 2.67. The molecule has 0 atom stereocenters. The van der Waals surface area contributed by atoms with Gasteiger partial charge in [0.1, 0.15) is 5.52 Å². The first kappa shape index (κ1) is 14.5. The second kappa shape index (κ2) is 6.17. The predicted octanol–water partition coefficient (Wildman–Crippen LogP) is 5.97. The number of rotatable bonds is 3. The molecule has 4 rings (SSSR count). The molecule has 24 heavy (non-hydrogen) atoms. The number of fused-ring (bicyclic) bond motifs is 1. The number of benzene rings is 3. The standard InChI is InChI=1S/C22H17NO/c1-16-7-9-17(10-8-16)11-14-22-23-20-15-19(12-13-21(20)24-22)18-5-3-2-4-6-18/h2-15H,1H3/b14-11+. The van der Waals surface area contributed by atoms with Crippen molar-refractivity contribution in [2.24, 2.45) is 0 Å². The Bertz CT molecular complexity index is 995. The van der Waals surface area contributed by atoms with Crippen LogP contribution in [0.3, 0.4) is 0 Å². The van der Waals surface area contributed by atoms with Gasteiger partial charge in [-0.2, -0.15) is 0 Å². The molecule has 0 N–H and O–H groups in total. The van der Waals surface area contributed by atoms with E-state index >= 15 is 0 Å². The van der Waals surface area contributed by atoms with Crippen LogP contribution in [0.2, 0.25) is 0 Å². The summed E-state index contributed by atoms with van der Waals surface area (Å²) < 4.78 is 5.81. The summed E-state index contributed by atoms with van der Waals surface area (Å²) >= 11 is 0. The zero-order chi connectivity index (χ0) is 16.4. The van der Waals surface area contributed by atoms with E-state index in [-0.39, 0.29) is 0 Å². The third-order valence-corrected chi connectivity index (χ3v) is 4.01. The Kier molecular flexibility index (Phi) is 3.72. The molecule has 0 saturated carbocycles. The lowest BCUT2D eigenvalue weighted by atomic mass is 10.1. The highest BCUT2D eigenvalue weighted by Crippen LogP contribution is 2.25. The van der Waals surface area contributed by atoms with Crippen LogP contribution in [0.4, 0.5) is 0 Å². The number of aryl methyl sites for hydroxylation is 1. The molecule has 0 amide bonds. The summed E-state index contributed by atoms with van der Waals surface area (Å²) in [6.07, 6.45) is 3.93. The first-order valence-electron chi connectivity index (χ1n) is 7.99. The molecule has 2 heteroatoms. The van der Waals surface area contributed by atoms with Crippen LogP contribution in [0, 0.1) is 6.92 Å². The second-order valence-corrected chi connectivity index (χ2v) is 5.84. The Morgan fingerprint density at radius 1 is 0.792 bits per heavy atom. The fraction of sp³-hybridized carbons (Fsp3) is 0.0455. The summed E-state index contributed by atoms with van der Waals surface area (Å²) in [6, 6.07) is 24.8. The van der Waals surface area contributed by atoms with Gasteiger partial charge in [-0.1, -0.05) is 66.2 Å². The van der Waals surface area contributed by atoms with E-state index in [1.807, 2.05) is 36.4 Å². The minimum atomic E-state index is 0.621. The quantitative estimate of drug-likeness (QED) is 0.465. The van der Waals surface area contributed by atoms with Crippen LogP contribution in [0.5, 0.6) is 0 Å². The molecule has 0 fully saturated rings. The average molecular weight is 311 g/mol. The fourth-order valence-electron chi connectivity index (χ4n) is 2.67. The summed E-state index contributed by atoms with van der Waals surface area (Å²) in [5.74, 6) is 0.621. The number of nitrogens with zero attached hydrogens (tertiary/aromatic N) is 1. The number of aromatic nitrogens is 1. The largest absolute Gasteiger partial charge is 0.437 e. The van der Waals surface area contributed by atoms with Crippen molar-refractivity contribution in [1.29, 1.82) is 0 Å². The van der Waals surface area contributed by atoms with Crippen molar-refractivity contribution in [3.05, 3.63) is 89.8 Å². The van der Waals surface area contributed by atoms with E-state index in [1.54, 1.807) is 0 Å². The van der Waals surface area contributed by atoms with Gasteiger partial charge in [0, 0.05) is 6.08 Å². The zero-order valence-electron chi connectivity index (χ0n) is 13.4. The molecule has 0 aliphatic carbocycles. The van der Waals surface area contributed by atoms with Crippen LogP contribution in [0.15, 0.2) is 77.2 Å². The van der Waals surface area contributed by atoms with Gasteiger partial charge in [0.25, 0.3) is 0 Å². The van der Waals surface area contributed by atoms with Crippen molar-refractivity contribution < 1.29 is 4.42 Å². The number of hydrogen-bond donors (Lipinski definition) is 0. The van der Waals surface area contributed by atoms with Crippen molar-refractivity contribution in [3.63, 3.8) is 0 Å². The van der Waals surface area contributed by atoms with Gasteiger partial charge in [-0.15, -0.1) is 0 Å². The maximum atomic E-state index is 5.81. The van der Waals surface area contributed by atoms with E-state index in [0.717, 1.165) is 22.2 Å². The third kappa shape index (κ3) is 2.99. The maximum absolute atomic E-state index is 5.81. The van der Waals surface area contributed by atoms with Crippen LogP contribution >= 0.6 is 0 Å². The smallest absolute Gasteiger partial charge is 0.220 e. The monoisotopic (exact) mass is 311 g/mol. The number of hydrogen-bond acceptors (Lipinski definition) is 2. The van der Waals surface area contributed by atoms with Crippen LogP contribution in [0.1, 0.15) is 17.0 Å². The Balaban J connectivity index is 1.64. The minimum absolute atomic E-state index is 0.621. The molecule has 0 spiro atoms. The van der Waals surface area contributed by atoms with Crippen molar-refractivity contribution in [3.8, 4) is 11.1 Å². The predicted molar refractivity (Wildman–Crippen MR) is 99.6 cm³/mol. The lowest BCUT2D eigenvalue weighted by Gasteiger charge is -1.99. The SMILES string of the molecule is Cc1ccc(/C=C/c2nc3cc(-c4ccccc4)ccc3o2)cc1. The van der Waals surface area contributed by atoms with E-state index in [2.05, 4.69) is 60.4 Å². The first-order chi connectivity index (χ1) is 11.8.